The molecule has 0 fully saturated rings. The molecule has 1 heterocycles. The summed E-state index contributed by atoms with van der Waals surface area (Å²) in [6, 6.07) is 4.56. The van der Waals surface area contributed by atoms with Gasteiger partial charge in [0.25, 0.3) is 0 Å². The van der Waals surface area contributed by atoms with Gasteiger partial charge >= 0.3 is 0 Å². The number of hydrogen-bond donors (Lipinski definition) is 2. The molecule has 144 valence electrons. The number of carbonyl (C=O) groups is 1. The molecule has 1 atom stereocenters. The number of rotatable bonds is 9. The minimum absolute atomic E-state index is 0.0221. The second-order valence-corrected chi connectivity index (χ2v) is 8.46. The first-order chi connectivity index (χ1) is 12.3. The van der Waals surface area contributed by atoms with Crippen LogP contribution in [0.1, 0.15) is 20.3 Å². The van der Waals surface area contributed by atoms with Gasteiger partial charge in [-0.3, -0.25) is 4.79 Å². The molecule has 1 aromatic heterocycles. The van der Waals surface area contributed by atoms with Crippen LogP contribution in [-0.2, 0) is 26.1 Å². The van der Waals surface area contributed by atoms with E-state index in [-0.39, 0.29) is 22.6 Å². The van der Waals surface area contributed by atoms with Gasteiger partial charge in [-0.1, -0.05) is 18.7 Å². The molecule has 0 saturated heterocycles. The fourth-order valence-electron chi connectivity index (χ4n) is 2.55. The van der Waals surface area contributed by atoms with E-state index in [1.807, 2.05) is 18.4 Å². The summed E-state index contributed by atoms with van der Waals surface area (Å²) in [5.41, 5.74) is 1.36. The van der Waals surface area contributed by atoms with Gasteiger partial charge in [0.2, 0.25) is 15.9 Å². The van der Waals surface area contributed by atoms with Crippen molar-refractivity contribution in [2.24, 2.45) is 5.14 Å². The molecular weight excluding hydrogens is 376 g/mol. The molecule has 0 spiro atoms. The summed E-state index contributed by atoms with van der Waals surface area (Å²) < 4.78 is 30.1. The number of thioether (sulfide) groups is 1. The predicted octanol–water partition coefficient (Wildman–Crippen LogP) is 1.34. The molecule has 0 unspecified atom stereocenters. The lowest BCUT2D eigenvalue weighted by Gasteiger charge is -2.12. The Bertz CT molecular complexity index is 880. The number of amides is 1. The van der Waals surface area contributed by atoms with Crippen LogP contribution in [-0.4, -0.2) is 49.4 Å². The van der Waals surface area contributed by atoms with Crippen LogP contribution < -0.4 is 10.5 Å². The Hall–Kier alpha value is -1.62. The number of nitrogens with zero attached hydrogens (tertiary/aromatic N) is 2. The summed E-state index contributed by atoms with van der Waals surface area (Å²) in [5, 5.41) is 8.71. The fourth-order valence-corrected chi connectivity index (χ4v) is 3.94. The van der Waals surface area contributed by atoms with Crippen LogP contribution in [0.4, 0.5) is 0 Å². The van der Waals surface area contributed by atoms with Gasteiger partial charge in [0, 0.05) is 19.7 Å². The van der Waals surface area contributed by atoms with E-state index in [1.165, 1.54) is 23.9 Å². The lowest BCUT2D eigenvalue weighted by molar-refractivity contribution is -0.119. The van der Waals surface area contributed by atoms with Crippen molar-refractivity contribution >= 4 is 38.7 Å². The minimum atomic E-state index is -3.79. The van der Waals surface area contributed by atoms with Crippen LogP contribution in [0.25, 0.3) is 11.0 Å². The molecule has 0 bridgehead atoms. The first-order valence-electron chi connectivity index (χ1n) is 8.20. The van der Waals surface area contributed by atoms with Crippen molar-refractivity contribution in [3.63, 3.8) is 0 Å². The first-order valence-corrected chi connectivity index (χ1v) is 10.7. The van der Waals surface area contributed by atoms with E-state index in [4.69, 9.17) is 9.88 Å². The molecule has 2 rings (SSSR count). The van der Waals surface area contributed by atoms with E-state index < -0.39 is 10.0 Å². The molecule has 8 nitrogen and oxygen atoms in total. The second-order valence-electron chi connectivity index (χ2n) is 5.95. The third kappa shape index (κ3) is 5.19. The highest BCUT2D eigenvalue weighted by molar-refractivity contribution is 7.99. The van der Waals surface area contributed by atoms with Gasteiger partial charge < -0.3 is 14.6 Å². The Morgan fingerprint density at radius 2 is 2.19 bits per heavy atom. The zero-order valence-electron chi connectivity index (χ0n) is 15.1. The zero-order chi connectivity index (χ0) is 19.3. The van der Waals surface area contributed by atoms with E-state index in [1.54, 1.807) is 13.2 Å². The first kappa shape index (κ1) is 20.7. The topological polar surface area (TPSA) is 116 Å². The molecule has 0 radical (unpaired) electrons. The Labute approximate surface area is 157 Å². The van der Waals surface area contributed by atoms with Crippen LogP contribution in [0, 0.1) is 0 Å². The highest BCUT2D eigenvalue weighted by Crippen LogP contribution is 2.26. The van der Waals surface area contributed by atoms with Crippen LogP contribution in [0.3, 0.4) is 0 Å². The number of nitrogens with one attached hydrogen (secondary N) is 1. The number of nitrogens with two attached hydrogens (primary N) is 1. The molecule has 2 aromatic rings. The van der Waals surface area contributed by atoms with Gasteiger partial charge in [-0.2, -0.15) is 0 Å². The SMILES string of the molecule is CCCn1c(SCC(=O)N[C@@H](C)COC)nc2cc(S(N)(=O)=O)ccc21. The number of fused-ring (bicyclic) bond motifs is 1. The van der Waals surface area contributed by atoms with Crippen molar-refractivity contribution in [3.8, 4) is 0 Å². The summed E-state index contributed by atoms with van der Waals surface area (Å²) in [6.45, 7) is 5.07. The number of primary sulfonamides is 1. The lowest BCUT2D eigenvalue weighted by Crippen LogP contribution is -2.36. The lowest BCUT2D eigenvalue weighted by atomic mass is 10.3. The predicted molar refractivity (Wildman–Crippen MR) is 102 cm³/mol. The summed E-state index contributed by atoms with van der Waals surface area (Å²) >= 11 is 1.31. The number of sulfonamides is 1. The standard InChI is InChI=1S/C16H24N4O4S2/c1-4-7-20-14-6-5-12(26(17,22)23)8-13(14)19-16(20)25-10-15(21)18-11(2)9-24-3/h5-6,8,11H,4,7,9-10H2,1-3H3,(H,18,21)(H2,17,22,23)/t11-/m0/s1. The molecule has 0 aliphatic heterocycles. The third-order valence-electron chi connectivity index (χ3n) is 3.62. The molecule has 26 heavy (non-hydrogen) atoms. The van der Waals surface area contributed by atoms with Gasteiger partial charge in [0.15, 0.2) is 5.16 Å². The number of benzene rings is 1. The molecule has 3 N–H and O–H groups in total. The van der Waals surface area contributed by atoms with Crippen LogP contribution in [0.5, 0.6) is 0 Å². The maximum Gasteiger partial charge on any atom is 0.238 e. The highest BCUT2D eigenvalue weighted by atomic mass is 32.2. The number of methoxy groups -OCH3 is 1. The molecule has 1 aromatic carbocycles. The monoisotopic (exact) mass is 400 g/mol. The summed E-state index contributed by atoms with van der Waals surface area (Å²) in [7, 11) is -2.20. The Balaban J connectivity index is 2.23. The van der Waals surface area contributed by atoms with Crippen molar-refractivity contribution in [1.82, 2.24) is 14.9 Å². The molecule has 10 heteroatoms. The molecule has 0 aliphatic rings. The van der Waals surface area contributed by atoms with Gasteiger partial charge in [0.1, 0.15) is 0 Å². The van der Waals surface area contributed by atoms with Crippen LogP contribution in [0.2, 0.25) is 0 Å². The van der Waals surface area contributed by atoms with Gasteiger partial charge in [-0.15, -0.1) is 0 Å². The largest absolute Gasteiger partial charge is 0.383 e. The normalized spacial score (nSPS) is 13.1. The third-order valence-corrected chi connectivity index (χ3v) is 5.50. The number of ether oxygens (including phenoxy) is 1. The van der Waals surface area contributed by atoms with Gasteiger partial charge in [-0.05, 0) is 31.5 Å². The summed E-state index contributed by atoms with van der Waals surface area (Å²) in [5.74, 6) is 0.100. The van der Waals surface area contributed by atoms with Crippen molar-refractivity contribution in [1.29, 1.82) is 0 Å². The number of carbonyl (C=O) groups excluding carboxylic acids is 1. The Kier molecular flexibility index (Phi) is 7.04. The Morgan fingerprint density at radius 3 is 2.81 bits per heavy atom. The minimum Gasteiger partial charge on any atom is -0.383 e. The number of aryl methyl sites for hydroxylation is 1. The quantitative estimate of drug-likeness (QED) is 0.614. The van der Waals surface area contributed by atoms with E-state index in [0.717, 1.165) is 18.5 Å². The van der Waals surface area contributed by atoms with Gasteiger partial charge in [-0.25, -0.2) is 18.5 Å². The number of hydrogen-bond acceptors (Lipinski definition) is 6. The van der Waals surface area contributed by atoms with Gasteiger partial charge in [0.05, 0.1) is 28.3 Å². The van der Waals surface area contributed by atoms with E-state index in [0.29, 0.717) is 17.3 Å². The highest BCUT2D eigenvalue weighted by Gasteiger charge is 2.16. The molecule has 0 aliphatic carbocycles. The van der Waals surface area contributed by atoms with Crippen LogP contribution >= 0.6 is 11.8 Å². The maximum atomic E-state index is 12.1. The maximum absolute atomic E-state index is 12.1. The number of aromatic nitrogens is 2. The van der Waals surface area contributed by atoms with Crippen molar-refractivity contribution in [3.05, 3.63) is 18.2 Å². The average Bonchev–Trinajstić information content (AvgIpc) is 2.90. The molecule has 0 saturated carbocycles. The van der Waals surface area contributed by atoms with Crippen molar-refractivity contribution in [2.75, 3.05) is 19.5 Å². The zero-order valence-corrected chi connectivity index (χ0v) is 16.7. The summed E-state index contributed by atoms with van der Waals surface area (Å²) in [6.07, 6.45) is 0.882. The van der Waals surface area contributed by atoms with E-state index in [2.05, 4.69) is 10.3 Å². The van der Waals surface area contributed by atoms with Crippen LogP contribution in [0.15, 0.2) is 28.3 Å². The smallest absolute Gasteiger partial charge is 0.238 e. The van der Waals surface area contributed by atoms with E-state index in [9.17, 15) is 13.2 Å². The van der Waals surface area contributed by atoms with Crippen molar-refractivity contribution in [2.45, 2.75) is 42.9 Å². The number of imidazole rings is 1. The second kappa shape index (κ2) is 8.85. The molecular formula is C16H24N4O4S2. The summed E-state index contributed by atoms with van der Waals surface area (Å²) in [4.78, 5) is 16.6. The molecule has 1 amide bonds. The van der Waals surface area contributed by atoms with E-state index >= 15 is 0 Å². The average molecular weight is 401 g/mol. The van der Waals surface area contributed by atoms with Crippen molar-refractivity contribution < 1.29 is 17.9 Å². The Morgan fingerprint density at radius 1 is 1.46 bits per heavy atom. The fraction of sp³-hybridized carbons (Fsp3) is 0.500.